The van der Waals surface area contributed by atoms with E-state index >= 15 is 0 Å². The normalized spacial score (nSPS) is 14.4. The number of rotatable bonds is 47. The van der Waals surface area contributed by atoms with E-state index in [0.717, 1.165) is 44.9 Å². The third kappa shape index (κ3) is 46.5. The van der Waals surface area contributed by atoms with Gasteiger partial charge in [0.25, 0.3) is 7.82 Å². The van der Waals surface area contributed by atoms with Crippen LogP contribution in [0, 0.1) is 0 Å². The summed E-state index contributed by atoms with van der Waals surface area (Å²) in [4.78, 5) is 25.4. The number of likely N-dealkylation sites (N-methyl/N-ethyl adjacent to an activating group) is 1. The summed E-state index contributed by atoms with van der Waals surface area (Å²) in [5.41, 5.74) is 0. The van der Waals surface area contributed by atoms with E-state index in [4.69, 9.17) is 9.05 Å². The van der Waals surface area contributed by atoms with Crippen LogP contribution in [0.5, 0.6) is 0 Å². The molecule has 0 aliphatic carbocycles. The zero-order valence-corrected chi connectivity index (χ0v) is 41.8. The maximum atomic E-state index is 12.9. The Morgan fingerprint density at radius 1 is 0.574 bits per heavy atom. The molecule has 0 aromatic rings. The van der Waals surface area contributed by atoms with Gasteiger partial charge in [-0.05, 0) is 51.4 Å². The lowest BCUT2D eigenvalue weighted by molar-refractivity contribution is -0.870. The Morgan fingerprint density at radius 3 is 1.36 bits per heavy atom. The molecule has 9 heteroatoms. The fourth-order valence-corrected chi connectivity index (χ4v) is 8.20. The minimum atomic E-state index is -4.59. The minimum Gasteiger partial charge on any atom is -0.756 e. The molecule has 0 aromatic heterocycles. The van der Waals surface area contributed by atoms with Gasteiger partial charge in [0.15, 0.2) is 0 Å². The second-order valence-corrected chi connectivity index (χ2v) is 20.3. The van der Waals surface area contributed by atoms with Crippen molar-refractivity contribution in [3.05, 3.63) is 36.5 Å². The molecule has 3 unspecified atom stereocenters. The smallest absolute Gasteiger partial charge is 0.268 e. The number of aliphatic hydroxyl groups is 1. The van der Waals surface area contributed by atoms with Crippen LogP contribution >= 0.6 is 7.82 Å². The molecular weight excluding hydrogens is 780 g/mol. The van der Waals surface area contributed by atoms with Gasteiger partial charge < -0.3 is 28.8 Å². The van der Waals surface area contributed by atoms with Crippen LogP contribution in [0.4, 0.5) is 0 Å². The Bertz CT molecular complexity index is 1090. The quantitative estimate of drug-likeness (QED) is 0.0273. The molecule has 0 aromatic carbocycles. The minimum absolute atomic E-state index is 0.000345. The Kier molecular flexibility index (Phi) is 43.0. The first-order chi connectivity index (χ1) is 29.5. The third-order valence-corrected chi connectivity index (χ3v) is 12.6. The Morgan fingerprint density at radius 2 is 0.951 bits per heavy atom. The molecule has 0 bridgehead atoms. The first-order valence-corrected chi connectivity index (χ1v) is 27.3. The molecule has 0 fully saturated rings. The average Bonchev–Trinajstić information content (AvgIpc) is 3.21. The standard InChI is InChI=1S/C52H101N2O6P/c1-6-8-10-12-14-16-18-20-21-22-23-24-25-26-27-28-29-30-31-32-33-34-36-38-40-42-44-46-52(56)53-50(49-60-61(57,58)59-48-47-54(3,4)5)51(55)45-43-41-39-37-35-19-17-15-13-11-9-7-2/h18,20,22-23,43,45,50-51,55H,6-17,19,21,24-42,44,46-49H2,1-5H3,(H-,53,56,57,58)/b20-18-,23-22-,45-43+. The predicted octanol–water partition coefficient (Wildman–Crippen LogP) is 14.4. The molecule has 1 amide bonds. The number of allylic oxidation sites excluding steroid dienone is 5. The highest BCUT2D eigenvalue weighted by atomic mass is 31.2. The Labute approximate surface area is 378 Å². The summed E-state index contributed by atoms with van der Waals surface area (Å²) < 4.78 is 23.2. The molecule has 0 saturated heterocycles. The monoisotopic (exact) mass is 881 g/mol. The van der Waals surface area contributed by atoms with E-state index in [1.54, 1.807) is 6.08 Å². The van der Waals surface area contributed by atoms with Gasteiger partial charge in [0.05, 0.1) is 39.9 Å². The molecular formula is C52H101N2O6P. The Balaban J connectivity index is 4.13. The highest BCUT2D eigenvalue weighted by molar-refractivity contribution is 7.45. The van der Waals surface area contributed by atoms with Crippen molar-refractivity contribution in [1.29, 1.82) is 0 Å². The average molecular weight is 881 g/mol. The van der Waals surface area contributed by atoms with Crippen LogP contribution in [-0.2, 0) is 18.4 Å². The van der Waals surface area contributed by atoms with Crippen molar-refractivity contribution in [2.24, 2.45) is 0 Å². The summed E-state index contributed by atoms with van der Waals surface area (Å²) in [6, 6.07) is -0.884. The van der Waals surface area contributed by atoms with Crippen LogP contribution in [0.15, 0.2) is 36.5 Å². The summed E-state index contributed by atoms with van der Waals surface area (Å²) in [5, 5.41) is 13.8. The maximum Gasteiger partial charge on any atom is 0.268 e. The second-order valence-electron chi connectivity index (χ2n) is 18.9. The van der Waals surface area contributed by atoms with E-state index in [-0.39, 0.29) is 19.1 Å². The fraction of sp³-hybridized carbons (Fsp3) is 0.865. The highest BCUT2D eigenvalue weighted by Crippen LogP contribution is 2.38. The molecule has 360 valence electrons. The lowest BCUT2D eigenvalue weighted by atomic mass is 10.0. The number of hydrogen-bond donors (Lipinski definition) is 2. The van der Waals surface area contributed by atoms with E-state index < -0.39 is 20.0 Å². The summed E-state index contributed by atoms with van der Waals surface area (Å²) in [6.07, 6.45) is 54.9. The lowest BCUT2D eigenvalue weighted by Gasteiger charge is -2.29. The van der Waals surface area contributed by atoms with Crippen LogP contribution in [0.3, 0.4) is 0 Å². The topological polar surface area (TPSA) is 108 Å². The van der Waals surface area contributed by atoms with Gasteiger partial charge in [0, 0.05) is 6.42 Å². The maximum absolute atomic E-state index is 12.9. The van der Waals surface area contributed by atoms with Crippen LogP contribution in [-0.4, -0.2) is 68.5 Å². The summed E-state index contributed by atoms with van der Waals surface area (Å²) in [7, 11) is 1.26. The lowest BCUT2D eigenvalue weighted by Crippen LogP contribution is -2.45. The number of nitrogens with one attached hydrogen (secondary N) is 1. The summed E-state index contributed by atoms with van der Waals surface area (Å²) in [5.74, 6) is -0.197. The number of quaternary nitrogens is 1. The van der Waals surface area contributed by atoms with E-state index in [1.807, 2.05) is 27.2 Å². The molecule has 2 N–H and O–H groups in total. The number of carbonyl (C=O) groups excluding carboxylic acids is 1. The van der Waals surface area contributed by atoms with Gasteiger partial charge >= 0.3 is 0 Å². The number of carbonyl (C=O) groups is 1. The fourth-order valence-electron chi connectivity index (χ4n) is 7.48. The van der Waals surface area contributed by atoms with Gasteiger partial charge in [-0.15, -0.1) is 0 Å². The van der Waals surface area contributed by atoms with Gasteiger partial charge in [-0.2, -0.15) is 0 Å². The number of amides is 1. The van der Waals surface area contributed by atoms with Gasteiger partial charge in [0.1, 0.15) is 13.2 Å². The first-order valence-electron chi connectivity index (χ1n) is 25.9. The number of unbranched alkanes of at least 4 members (excludes halogenated alkanes) is 30. The summed E-state index contributed by atoms with van der Waals surface area (Å²) in [6.45, 7) is 4.64. The largest absolute Gasteiger partial charge is 0.756 e. The molecule has 8 nitrogen and oxygen atoms in total. The second kappa shape index (κ2) is 43.9. The number of hydrogen-bond acceptors (Lipinski definition) is 6. The number of phosphoric acid groups is 1. The van der Waals surface area contributed by atoms with Gasteiger partial charge in [-0.1, -0.05) is 217 Å². The highest BCUT2D eigenvalue weighted by Gasteiger charge is 2.23. The van der Waals surface area contributed by atoms with Crippen molar-refractivity contribution in [3.63, 3.8) is 0 Å². The SMILES string of the molecule is CCCCCCC/C=C\C/C=C\CCCCCCCCCCCCCCCCCC(=O)NC(COP(=O)([O-])OCC[N+](C)(C)C)C(O)/C=C/CCCCCCCCCCCC. The zero-order chi connectivity index (χ0) is 45.0. The zero-order valence-electron chi connectivity index (χ0n) is 40.9. The Hall–Kier alpha value is -1.28. The van der Waals surface area contributed by atoms with Crippen LogP contribution < -0.4 is 10.2 Å². The molecule has 3 atom stereocenters. The molecule has 0 saturated carbocycles. The molecule has 0 rings (SSSR count). The molecule has 61 heavy (non-hydrogen) atoms. The van der Waals surface area contributed by atoms with Crippen LogP contribution in [0.25, 0.3) is 0 Å². The van der Waals surface area contributed by atoms with Gasteiger partial charge in [-0.25, -0.2) is 0 Å². The van der Waals surface area contributed by atoms with Crippen LogP contribution in [0.1, 0.15) is 239 Å². The molecule has 0 aliphatic heterocycles. The number of nitrogens with zero attached hydrogens (tertiary/aromatic N) is 1. The van der Waals surface area contributed by atoms with Crippen LogP contribution in [0.2, 0.25) is 0 Å². The first kappa shape index (κ1) is 59.7. The third-order valence-electron chi connectivity index (χ3n) is 11.6. The van der Waals surface area contributed by atoms with Gasteiger partial charge in [0.2, 0.25) is 5.91 Å². The predicted molar refractivity (Wildman–Crippen MR) is 261 cm³/mol. The van der Waals surface area contributed by atoms with Crippen molar-refractivity contribution in [2.75, 3.05) is 40.9 Å². The van der Waals surface area contributed by atoms with E-state index in [1.165, 1.54) is 173 Å². The molecule has 0 radical (unpaired) electrons. The van der Waals surface area contributed by atoms with Gasteiger partial charge in [-0.3, -0.25) is 9.36 Å². The van der Waals surface area contributed by atoms with Crippen molar-refractivity contribution in [1.82, 2.24) is 5.32 Å². The van der Waals surface area contributed by atoms with Crippen molar-refractivity contribution in [3.8, 4) is 0 Å². The van der Waals surface area contributed by atoms with Crippen molar-refractivity contribution in [2.45, 2.75) is 251 Å². The molecule has 0 heterocycles. The number of phosphoric ester groups is 1. The summed E-state index contributed by atoms with van der Waals surface area (Å²) >= 11 is 0. The van der Waals surface area contributed by atoms with Crippen molar-refractivity contribution < 1.29 is 32.9 Å². The molecule has 0 aliphatic rings. The molecule has 0 spiro atoms. The van der Waals surface area contributed by atoms with Crippen molar-refractivity contribution >= 4 is 13.7 Å². The van der Waals surface area contributed by atoms with E-state index in [2.05, 4.69) is 43.5 Å². The van der Waals surface area contributed by atoms with E-state index in [0.29, 0.717) is 17.4 Å². The number of aliphatic hydroxyl groups excluding tert-OH is 1. The van der Waals surface area contributed by atoms with E-state index in [9.17, 15) is 19.4 Å².